The van der Waals surface area contributed by atoms with Gasteiger partial charge in [0, 0.05) is 33.2 Å². The summed E-state index contributed by atoms with van der Waals surface area (Å²) >= 11 is 0. The summed E-state index contributed by atoms with van der Waals surface area (Å²) in [5, 5.41) is 8.00. The lowest BCUT2D eigenvalue weighted by atomic mass is 10.2. The lowest BCUT2D eigenvalue weighted by Crippen LogP contribution is -2.45. The van der Waals surface area contributed by atoms with Gasteiger partial charge >= 0.3 is 0 Å². The molecule has 0 aromatic heterocycles. The maximum atomic E-state index is 13.5. The molecule has 0 saturated carbocycles. The predicted molar refractivity (Wildman–Crippen MR) is 107 cm³/mol. The van der Waals surface area contributed by atoms with Crippen LogP contribution in [0.4, 0.5) is 18.9 Å². The van der Waals surface area contributed by atoms with Gasteiger partial charge in [-0.15, -0.1) is 24.0 Å². The van der Waals surface area contributed by atoms with E-state index in [0.717, 1.165) is 31.8 Å². The Kier molecular flexibility index (Phi) is 10.4. The van der Waals surface area contributed by atoms with E-state index in [2.05, 4.69) is 25.8 Å². The molecule has 1 aromatic rings. The largest absolute Gasteiger partial charge is 0.379 e. The molecule has 1 saturated heterocycles. The fraction of sp³-hybridized carbons (Fsp3) is 0.500. The molecule has 1 amide bonds. The second-order valence-corrected chi connectivity index (χ2v) is 5.58. The summed E-state index contributed by atoms with van der Waals surface area (Å²) in [7, 11) is 1.55. The molecule has 1 aliphatic heterocycles. The van der Waals surface area contributed by atoms with E-state index in [-0.39, 0.29) is 30.5 Å². The summed E-state index contributed by atoms with van der Waals surface area (Å²) in [6.45, 7) is 4.39. The molecule has 1 aliphatic rings. The fourth-order valence-electron chi connectivity index (χ4n) is 2.36. The van der Waals surface area contributed by atoms with Crippen molar-refractivity contribution in [1.82, 2.24) is 15.5 Å². The van der Waals surface area contributed by atoms with Crippen LogP contribution >= 0.6 is 24.0 Å². The maximum absolute atomic E-state index is 13.5. The average Bonchev–Trinajstić information content (AvgIpc) is 2.66. The predicted octanol–water partition coefficient (Wildman–Crippen LogP) is 1.16. The monoisotopic (exact) mass is 501 g/mol. The van der Waals surface area contributed by atoms with Crippen LogP contribution in [0.25, 0.3) is 0 Å². The highest BCUT2D eigenvalue weighted by atomic mass is 127. The van der Waals surface area contributed by atoms with E-state index in [4.69, 9.17) is 4.74 Å². The molecule has 1 heterocycles. The summed E-state index contributed by atoms with van der Waals surface area (Å²) in [5.41, 5.74) is -0.425. The lowest BCUT2D eigenvalue weighted by Gasteiger charge is -2.26. The first kappa shape index (κ1) is 23.4. The van der Waals surface area contributed by atoms with Crippen molar-refractivity contribution in [1.29, 1.82) is 0 Å². The van der Waals surface area contributed by atoms with Gasteiger partial charge in [0.05, 0.1) is 25.4 Å². The number of anilines is 1. The van der Waals surface area contributed by atoms with Crippen molar-refractivity contribution in [3.05, 3.63) is 29.6 Å². The second kappa shape index (κ2) is 12.0. The first-order valence-electron chi connectivity index (χ1n) is 8.19. The van der Waals surface area contributed by atoms with E-state index in [1.807, 2.05) is 0 Å². The third-order valence-electron chi connectivity index (χ3n) is 3.77. The normalized spacial score (nSPS) is 15.0. The SMILES string of the molecule is CN=C(NCCN1CCOCC1)NCC(=O)Nc1ccc(F)c(F)c1F.I. The number of halogens is 4. The molecule has 27 heavy (non-hydrogen) atoms. The van der Waals surface area contributed by atoms with Crippen molar-refractivity contribution in [3.8, 4) is 0 Å². The molecule has 152 valence electrons. The first-order valence-corrected chi connectivity index (χ1v) is 8.19. The lowest BCUT2D eigenvalue weighted by molar-refractivity contribution is -0.115. The number of morpholine rings is 1. The molecule has 0 atom stereocenters. The van der Waals surface area contributed by atoms with Crippen molar-refractivity contribution in [2.75, 3.05) is 58.3 Å². The van der Waals surface area contributed by atoms with Crippen molar-refractivity contribution < 1.29 is 22.7 Å². The Morgan fingerprint density at radius 2 is 1.89 bits per heavy atom. The fourth-order valence-corrected chi connectivity index (χ4v) is 2.36. The van der Waals surface area contributed by atoms with Crippen LogP contribution in [-0.2, 0) is 9.53 Å². The number of benzene rings is 1. The van der Waals surface area contributed by atoms with Crippen molar-refractivity contribution in [2.24, 2.45) is 4.99 Å². The van der Waals surface area contributed by atoms with Crippen molar-refractivity contribution in [3.63, 3.8) is 0 Å². The van der Waals surface area contributed by atoms with Crippen LogP contribution < -0.4 is 16.0 Å². The van der Waals surface area contributed by atoms with Gasteiger partial charge in [0.1, 0.15) is 0 Å². The molecule has 3 N–H and O–H groups in total. The minimum absolute atomic E-state index is 0. The van der Waals surface area contributed by atoms with Gasteiger partial charge in [0.15, 0.2) is 23.4 Å². The standard InChI is InChI=1S/C16H22F3N5O2.HI/c1-20-16(21-4-5-24-6-8-26-9-7-24)22-10-13(25)23-12-3-2-11(17)14(18)15(12)19;/h2-3H,4-10H2,1H3,(H,23,25)(H2,20,21,22);1H. The van der Waals surface area contributed by atoms with Crippen LogP contribution in [0, 0.1) is 17.5 Å². The molecule has 1 aromatic carbocycles. The molecule has 1 fully saturated rings. The van der Waals surface area contributed by atoms with Gasteiger partial charge in [-0.25, -0.2) is 13.2 Å². The molecule has 11 heteroatoms. The zero-order chi connectivity index (χ0) is 18.9. The van der Waals surface area contributed by atoms with Gasteiger partial charge in [-0.1, -0.05) is 0 Å². The Morgan fingerprint density at radius 3 is 2.56 bits per heavy atom. The molecule has 7 nitrogen and oxygen atoms in total. The Hall–Kier alpha value is -1.60. The summed E-state index contributed by atoms with van der Waals surface area (Å²) in [4.78, 5) is 18.1. The molecule has 0 aliphatic carbocycles. The van der Waals surface area contributed by atoms with Crippen LogP contribution in [0.2, 0.25) is 0 Å². The third kappa shape index (κ3) is 7.50. The highest BCUT2D eigenvalue weighted by Crippen LogP contribution is 2.19. The number of carbonyl (C=O) groups excluding carboxylic acids is 1. The number of guanidine groups is 1. The Labute approximate surface area is 172 Å². The smallest absolute Gasteiger partial charge is 0.243 e. The number of aliphatic imine (C=N–C) groups is 1. The minimum atomic E-state index is -1.63. The molecular weight excluding hydrogens is 478 g/mol. The summed E-state index contributed by atoms with van der Waals surface area (Å²) in [6, 6.07) is 1.70. The van der Waals surface area contributed by atoms with E-state index in [9.17, 15) is 18.0 Å². The van der Waals surface area contributed by atoms with Crippen LogP contribution in [0.1, 0.15) is 0 Å². The molecular formula is C16H23F3IN5O2. The van der Waals surface area contributed by atoms with E-state index in [1.165, 1.54) is 0 Å². The number of carbonyl (C=O) groups is 1. The summed E-state index contributed by atoms with van der Waals surface area (Å²) in [5.74, 6) is -4.60. The number of hydrogen-bond donors (Lipinski definition) is 3. The summed E-state index contributed by atoms with van der Waals surface area (Å²) < 4.78 is 44.8. The van der Waals surface area contributed by atoms with Gasteiger partial charge in [0.2, 0.25) is 5.91 Å². The minimum Gasteiger partial charge on any atom is -0.379 e. The van der Waals surface area contributed by atoms with Crippen LogP contribution in [0.5, 0.6) is 0 Å². The summed E-state index contributed by atoms with van der Waals surface area (Å²) in [6.07, 6.45) is 0. The van der Waals surface area contributed by atoms with E-state index in [1.54, 1.807) is 7.05 Å². The van der Waals surface area contributed by atoms with Crippen LogP contribution in [0.15, 0.2) is 17.1 Å². The van der Waals surface area contributed by atoms with Gasteiger partial charge in [-0.2, -0.15) is 0 Å². The van der Waals surface area contributed by atoms with Gasteiger partial charge in [0.25, 0.3) is 0 Å². The van der Waals surface area contributed by atoms with E-state index in [0.29, 0.717) is 25.7 Å². The number of hydrogen-bond acceptors (Lipinski definition) is 4. The quantitative estimate of drug-likeness (QED) is 0.236. The number of nitrogens with zero attached hydrogens (tertiary/aromatic N) is 2. The van der Waals surface area contributed by atoms with Crippen LogP contribution in [0.3, 0.4) is 0 Å². The van der Waals surface area contributed by atoms with Crippen LogP contribution in [-0.4, -0.2) is 69.8 Å². The molecule has 0 bridgehead atoms. The van der Waals surface area contributed by atoms with Gasteiger partial charge < -0.3 is 20.7 Å². The average molecular weight is 501 g/mol. The van der Waals surface area contributed by atoms with E-state index >= 15 is 0 Å². The zero-order valence-electron chi connectivity index (χ0n) is 14.9. The van der Waals surface area contributed by atoms with Crippen molar-refractivity contribution >= 4 is 41.5 Å². The number of amides is 1. The Balaban J connectivity index is 0.00000364. The van der Waals surface area contributed by atoms with E-state index < -0.39 is 29.0 Å². The third-order valence-corrected chi connectivity index (χ3v) is 3.77. The number of ether oxygens (including phenoxy) is 1. The molecule has 0 spiro atoms. The van der Waals surface area contributed by atoms with Gasteiger partial charge in [-0.3, -0.25) is 14.7 Å². The Bertz CT molecular complexity index is 657. The second-order valence-electron chi connectivity index (χ2n) is 5.58. The topological polar surface area (TPSA) is 78.0 Å². The zero-order valence-corrected chi connectivity index (χ0v) is 17.2. The number of nitrogens with one attached hydrogen (secondary N) is 3. The Morgan fingerprint density at radius 1 is 1.19 bits per heavy atom. The highest BCUT2D eigenvalue weighted by Gasteiger charge is 2.15. The number of rotatable bonds is 6. The molecule has 0 radical (unpaired) electrons. The van der Waals surface area contributed by atoms with Gasteiger partial charge in [-0.05, 0) is 12.1 Å². The first-order chi connectivity index (χ1) is 12.5. The maximum Gasteiger partial charge on any atom is 0.243 e. The molecule has 0 unspecified atom stereocenters. The highest BCUT2D eigenvalue weighted by molar-refractivity contribution is 14.0. The van der Waals surface area contributed by atoms with Crippen molar-refractivity contribution in [2.45, 2.75) is 0 Å². The molecule has 2 rings (SSSR count).